The summed E-state index contributed by atoms with van der Waals surface area (Å²) in [6.45, 7) is 4.06. The Labute approximate surface area is 231 Å². The summed E-state index contributed by atoms with van der Waals surface area (Å²) in [5.41, 5.74) is 1.06. The second kappa shape index (κ2) is 12.0. The topological polar surface area (TPSA) is 109 Å². The number of imidazole rings is 1. The molecule has 3 fully saturated rings. The molecule has 1 amide bonds. The maximum Gasteiger partial charge on any atom is 0.296 e. The number of para-hydroxylation sites is 2. The number of hydrogen-bond donors (Lipinski definition) is 3. The molecule has 0 spiro atoms. The number of morpholine rings is 1. The molecule has 0 unspecified atom stereocenters. The lowest BCUT2D eigenvalue weighted by Gasteiger charge is -2.30. The van der Waals surface area contributed by atoms with E-state index in [2.05, 4.69) is 25.8 Å². The Bertz CT molecular complexity index is 1310. The molecule has 1 saturated carbocycles. The molecule has 1 aliphatic carbocycles. The summed E-state index contributed by atoms with van der Waals surface area (Å²) >= 11 is 0. The van der Waals surface area contributed by atoms with Gasteiger partial charge in [0.25, 0.3) is 6.43 Å². The molecule has 1 atom stereocenters. The highest BCUT2D eigenvalue weighted by Crippen LogP contribution is 2.30. The standard InChI is InChI=1S/C28H36F2N8O2/c29-25(30)26-34-20-4-1-2-6-22(20)38(26)24-16-23(37-12-14-40-15-13-37)35-28(36-24)32-17-18-7-9-19(10-8-18)33-27(39)21-5-3-11-31-21/h1-2,4,6,16,18-19,21,25,31H,3,5,7-15,17H2,(H,33,39)(H,32,35,36)/t18?,19?,21-/m0/s1. The van der Waals surface area contributed by atoms with E-state index in [1.165, 1.54) is 4.57 Å². The summed E-state index contributed by atoms with van der Waals surface area (Å²) in [7, 11) is 0. The van der Waals surface area contributed by atoms with Crippen LogP contribution < -0.4 is 20.9 Å². The van der Waals surface area contributed by atoms with Crippen LogP contribution in [0, 0.1) is 5.92 Å². The fraction of sp³-hybridized carbons (Fsp3) is 0.571. The third-order valence-electron chi connectivity index (χ3n) is 8.16. The first kappa shape index (κ1) is 26.8. The lowest BCUT2D eigenvalue weighted by atomic mass is 9.86. The highest BCUT2D eigenvalue weighted by molar-refractivity contribution is 5.82. The van der Waals surface area contributed by atoms with Crippen LogP contribution in [0.1, 0.15) is 50.8 Å². The largest absolute Gasteiger partial charge is 0.378 e. The fourth-order valence-electron chi connectivity index (χ4n) is 5.96. The summed E-state index contributed by atoms with van der Waals surface area (Å²) in [5, 5.41) is 9.88. The Hall–Kier alpha value is -3.38. The molecular weight excluding hydrogens is 518 g/mol. The van der Waals surface area contributed by atoms with Crippen LogP contribution in [0.15, 0.2) is 30.3 Å². The van der Waals surface area contributed by atoms with E-state index in [1.807, 2.05) is 6.07 Å². The number of fused-ring (bicyclic) bond motifs is 1. The summed E-state index contributed by atoms with van der Waals surface area (Å²) < 4.78 is 35.1. The molecule has 4 heterocycles. The van der Waals surface area contributed by atoms with Crippen LogP contribution in [-0.2, 0) is 9.53 Å². The van der Waals surface area contributed by atoms with Gasteiger partial charge in [-0.1, -0.05) is 12.1 Å². The van der Waals surface area contributed by atoms with Crippen LogP contribution in [0.4, 0.5) is 20.5 Å². The van der Waals surface area contributed by atoms with Crippen LogP contribution >= 0.6 is 0 Å². The molecule has 0 bridgehead atoms. The smallest absolute Gasteiger partial charge is 0.296 e. The number of carbonyl (C=O) groups excluding carboxylic acids is 1. The molecule has 214 valence electrons. The maximum absolute atomic E-state index is 14.1. The number of nitrogens with zero attached hydrogens (tertiary/aromatic N) is 5. The van der Waals surface area contributed by atoms with Crippen LogP contribution in [0.5, 0.6) is 0 Å². The van der Waals surface area contributed by atoms with Gasteiger partial charge in [-0.2, -0.15) is 9.97 Å². The predicted octanol–water partition coefficient (Wildman–Crippen LogP) is 3.43. The maximum atomic E-state index is 14.1. The van der Waals surface area contributed by atoms with Crippen molar-refractivity contribution < 1.29 is 18.3 Å². The molecule has 1 aromatic carbocycles. The molecule has 2 saturated heterocycles. The van der Waals surface area contributed by atoms with E-state index < -0.39 is 6.43 Å². The van der Waals surface area contributed by atoms with Crippen molar-refractivity contribution in [1.29, 1.82) is 0 Å². The van der Waals surface area contributed by atoms with E-state index in [1.54, 1.807) is 24.3 Å². The van der Waals surface area contributed by atoms with Gasteiger partial charge in [0.05, 0.1) is 30.3 Å². The van der Waals surface area contributed by atoms with Crippen LogP contribution in [0.3, 0.4) is 0 Å². The molecule has 12 heteroatoms. The Morgan fingerprint density at radius 1 is 1.05 bits per heavy atom. The zero-order chi connectivity index (χ0) is 27.5. The molecular formula is C28H36F2N8O2. The van der Waals surface area contributed by atoms with Gasteiger partial charge in [0.1, 0.15) is 11.6 Å². The Morgan fingerprint density at radius 3 is 2.58 bits per heavy atom. The number of rotatable bonds is 8. The van der Waals surface area contributed by atoms with Gasteiger partial charge in [-0.15, -0.1) is 0 Å². The third-order valence-corrected chi connectivity index (χ3v) is 8.16. The molecule has 10 nitrogen and oxygen atoms in total. The van der Waals surface area contributed by atoms with Crippen LogP contribution in [-0.4, -0.2) is 76.9 Å². The van der Waals surface area contributed by atoms with Gasteiger partial charge in [0.2, 0.25) is 11.9 Å². The predicted molar refractivity (Wildman–Crippen MR) is 148 cm³/mol. The van der Waals surface area contributed by atoms with Crippen molar-refractivity contribution in [2.75, 3.05) is 49.6 Å². The quantitative estimate of drug-likeness (QED) is 0.389. The number of anilines is 2. The van der Waals surface area contributed by atoms with Gasteiger partial charge in [0, 0.05) is 31.7 Å². The summed E-state index contributed by atoms with van der Waals surface area (Å²) in [5.74, 6) is 1.61. The molecule has 3 N–H and O–H groups in total. The number of amides is 1. The lowest BCUT2D eigenvalue weighted by molar-refractivity contribution is -0.123. The minimum atomic E-state index is -2.76. The number of halogens is 2. The summed E-state index contributed by atoms with van der Waals surface area (Å²) in [6, 6.07) is 9.00. The highest BCUT2D eigenvalue weighted by atomic mass is 19.3. The third kappa shape index (κ3) is 5.87. The fourth-order valence-corrected chi connectivity index (χ4v) is 5.96. The lowest BCUT2D eigenvalue weighted by Crippen LogP contribution is -2.46. The molecule has 3 aliphatic rings. The molecule has 6 rings (SSSR count). The van der Waals surface area contributed by atoms with Crippen LogP contribution in [0.25, 0.3) is 16.9 Å². The van der Waals surface area contributed by atoms with E-state index >= 15 is 0 Å². The van der Waals surface area contributed by atoms with Gasteiger partial charge < -0.3 is 25.6 Å². The van der Waals surface area contributed by atoms with E-state index in [9.17, 15) is 13.6 Å². The number of alkyl halides is 2. The number of benzene rings is 1. The number of aromatic nitrogens is 4. The number of ether oxygens (including phenoxy) is 1. The van der Waals surface area contributed by atoms with Crippen molar-refractivity contribution in [2.45, 2.75) is 57.0 Å². The van der Waals surface area contributed by atoms with Crippen molar-refractivity contribution in [2.24, 2.45) is 5.92 Å². The van der Waals surface area contributed by atoms with Crippen molar-refractivity contribution in [3.05, 3.63) is 36.2 Å². The first-order chi connectivity index (χ1) is 19.5. The Balaban J connectivity index is 1.18. The van der Waals surface area contributed by atoms with Gasteiger partial charge in [-0.05, 0) is 63.1 Å². The Morgan fingerprint density at radius 2 is 1.82 bits per heavy atom. The van der Waals surface area contributed by atoms with E-state index in [4.69, 9.17) is 14.7 Å². The summed E-state index contributed by atoms with van der Waals surface area (Å²) in [4.78, 5) is 28.2. The molecule has 0 radical (unpaired) electrons. The van der Waals surface area contributed by atoms with Crippen molar-refractivity contribution in [1.82, 2.24) is 30.2 Å². The van der Waals surface area contributed by atoms with Crippen molar-refractivity contribution in [3.63, 3.8) is 0 Å². The van der Waals surface area contributed by atoms with E-state index in [0.717, 1.165) is 45.1 Å². The van der Waals surface area contributed by atoms with Gasteiger partial charge in [-0.3, -0.25) is 9.36 Å². The van der Waals surface area contributed by atoms with E-state index in [0.29, 0.717) is 67.4 Å². The SMILES string of the molecule is O=C(NC1CCC(CNc2nc(N3CCOCC3)cc(-n3c(C(F)F)nc4ccccc43)n2)CC1)[C@@H]1CCCN1. The Kier molecular flexibility index (Phi) is 8.05. The average Bonchev–Trinajstić information content (AvgIpc) is 3.66. The monoisotopic (exact) mass is 554 g/mol. The average molecular weight is 555 g/mol. The second-order valence-electron chi connectivity index (χ2n) is 10.9. The molecule has 3 aromatic rings. The minimum Gasteiger partial charge on any atom is -0.378 e. The van der Waals surface area contributed by atoms with Gasteiger partial charge in [0.15, 0.2) is 5.82 Å². The zero-order valence-corrected chi connectivity index (χ0v) is 22.5. The molecule has 2 aliphatic heterocycles. The number of nitrogens with one attached hydrogen (secondary N) is 3. The van der Waals surface area contributed by atoms with Gasteiger partial charge in [-0.25, -0.2) is 13.8 Å². The van der Waals surface area contributed by atoms with Crippen LogP contribution in [0.2, 0.25) is 0 Å². The van der Waals surface area contributed by atoms with Gasteiger partial charge >= 0.3 is 0 Å². The van der Waals surface area contributed by atoms with Crippen molar-refractivity contribution in [3.8, 4) is 5.82 Å². The molecule has 40 heavy (non-hydrogen) atoms. The van der Waals surface area contributed by atoms with Crippen molar-refractivity contribution >= 4 is 28.7 Å². The molecule has 2 aromatic heterocycles. The first-order valence-corrected chi connectivity index (χ1v) is 14.3. The second-order valence-corrected chi connectivity index (χ2v) is 10.9. The highest BCUT2D eigenvalue weighted by Gasteiger charge is 2.28. The van der Waals surface area contributed by atoms with E-state index in [-0.39, 0.29) is 23.8 Å². The zero-order valence-electron chi connectivity index (χ0n) is 22.5. The minimum absolute atomic E-state index is 0.0531. The number of carbonyl (C=O) groups is 1. The normalized spacial score (nSPS) is 23.6. The summed E-state index contributed by atoms with van der Waals surface area (Å²) in [6.07, 6.45) is 3.03. The number of hydrogen-bond acceptors (Lipinski definition) is 8. The first-order valence-electron chi connectivity index (χ1n) is 14.3.